The highest BCUT2D eigenvalue weighted by Gasteiger charge is 2.21. The van der Waals surface area contributed by atoms with E-state index < -0.39 is 10.0 Å². The van der Waals surface area contributed by atoms with Crippen molar-refractivity contribution in [2.75, 3.05) is 20.6 Å². The third-order valence-electron chi connectivity index (χ3n) is 4.62. The molecule has 1 aromatic carbocycles. The first-order chi connectivity index (χ1) is 11.3. The maximum Gasteiger partial charge on any atom is 0.242 e. The van der Waals surface area contributed by atoms with Gasteiger partial charge in [-0.25, -0.2) is 17.7 Å². The number of benzene rings is 1. The van der Waals surface area contributed by atoms with Crippen LogP contribution in [-0.2, 0) is 29.7 Å². The average Bonchev–Trinajstić information content (AvgIpc) is 2.81. The van der Waals surface area contributed by atoms with E-state index in [1.165, 1.54) is 10.00 Å². The second kappa shape index (κ2) is 6.31. The fourth-order valence-electron chi connectivity index (χ4n) is 3.07. The molecule has 2 aromatic rings. The lowest BCUT2D eigenvalue weighted by Gasteiger charge is -2.28. The topological polar surface area (TPSA) is 58.4 Å². The van der Waals surface area contributed by atoms with Gasteiger partial charge in [-0.3, -0.25) is 4.90 Å². The Balaban J connectivity index is 1.78. The van der Waals surface area contributed by atoms with Crippen LogP contribution in [0.4, 0.5) is 0 Å². The van der Waals surface area contributed by atoms with E-state index >= 15 is 0 Å². The fraction of sp³-hybridized carbons (Fsp3) is 0.471. The van der Waals surface area contributed by atoms with Gasteiger partial charge in [0.1, 0.15) is 5.82 Å². The van der Waals surface area contributed by atoms with Crippen LogP contribution in [0.5, 0.6) is 0 Å². The van der Waals surface area contributed by atoms with Gasteiger partial charge in [0.2, 0.25) is 10.0 Å². The van der Waals surface area contributed by atoms with Crippen LogP contribution in [0.2, 0.25) is 0 Å². The number of nitrogens with zero attached hydrogens (tertiary/aromatic N) is 4. The summed E-state index contributed by atoms with van der Waals surface area (Å²) in [5.74, 6) is 1.09. The molecule has 0 spiro atoms. The molecule has 0 aliphatic carbocycles. The van der Waals surface area contributed by atoms with Crippen LogP contribution in [0, 0.1) is 13.8 Å². The van der Waals surface area contributed by atoms with Crippen LogP contribution < -0.4 is 0 Å². The molecule has 0 bridgehead atoms. The summed E-state index contributed by atoms with van der Waals surface area (Å²) in [5, 5.41) is 0. The summed E-state index contributed by atoms with van der Waals surface area (Å²) in [6.45, 7) is 7.53. The molecule has 0 atom stereocenters. The highest BCUT2D eigenvalue weighted by Crippen LogP contribution is 2.20. The molecule has 130 valence electrons. The van der Waals surface area contributed by atoms with Gasteiger partial charge < -0.3 is 4.57 Å². The molecule has 24 heavy (non-hydrogen) atoms. The highest BCUT2D eigenvalue weighted by molar-refractivity contribution is 7.89. The Morgan fingerprint density at radius 3 is 2.67 bits per heavy atom. The Hall–Kier alpha value is -1.70. The van der Waals surface area contributed by atoms with E-state index in [0.29, 0.717) is 4.90 Å². The molecule has 0 unspecified atom stereocenters. The van der Waals surface area contributed by atoms with Gasteiger partial charge in [0.15, 0.2) is 0 Å². The number of sulfonamides is 1. The van der Waals surface area contributed by atoms with E-state index in [4.69, 9.17) is 0 Å². The summed E-state index contributed by atoms with van der Waals surface area (Å²) < 4.78 is 28.1. The van der Waals surface area contributed by atoms with Gasteiger partial charge in [-0.05, 0) is 31.5 Å². The summed E-state index contributed by atoms with van der Waals surface area (Å²) in [7, 11) is -0.287. The smallest absolute Gasteiger partial charge is 0.242 e. The van der Waals surface area contributed by atoms with Crippen LogP contribution in [0.15, 0.2) is 29.2 Å². The first-order valence-corrected chi connectivity index (χ1v) is 9.49. The largest absolute Gasteiger partial charge is 0.330 e. The predicted molar refractivity (Wildman–Crippen MR) is 93.1 cm³/mol. The first-order valence-electron chi connectivity index (χ1n) is 8.05. The minimum atomic E-state index is -3.39. The Bertz CT molecular complexity index is 855. The molecule has 7 heteroatoms. The molecule has 1 aliphatic heterocycles. The lowest BCUT2D eigenvalue weighted by molar-refractivity contribution is 0.207. The van der Waals surface area contributed by atoms with Crippen molar-refractivity contribution in [3.05, 3.63) is 47.0 Å². The normalized spacial score (nSPS) is 15.7. The third kappa shape index (κ3) is 3.11. The van der Waals surface area contributed by atoms with Gasteiger partial charge in [0.25, 0.3) is 0 Å². The zero-order valence-electron chi connectivity index (χ0n) is 14.7. The van der Waals surface area contributed by atoms with Crippen molar-refractivity contribution in [2.45, 2.75) is 38.4 Å². The van der Waals surface area contributed by atoms with Crippen LogP contribution in [0.25, 0.3) is 0 Å². The highest BCUT2D eigenvalue weighted by atomic mass is 32.2. The Kier molecular flexibility index (Phi) is 4.50. The van der Waals surface area contributed by atoms with Gasteiger partial charge in [-0.1, -0.05) is 12.1 Å². The van der Waals surface area contributed by atoms with E-state index in [0.717, 1.165) is 43.3 Å². The predicted octanol–water partition coefficient (Wildman–Crippen LogP) is 1.77. The van der Waals surface area contributed by atoms with E-state index in [2.05, 4.69) is 21.4 Å². The number of aromatic nitrogens is 2. The lowest BCUT2D eigenvalue weighted by atomic mass is 10.2. The summed E-state index contributed by atoms with van der Waals surface area (Å²) in [5.41, 5.74) is 3.33. The Morgan fingerprint density at radius 2 is 1.96 bits per heavy atom. The zero-order chi connectivity index (χ0) is 17.5. The second-order valence-electron chi connectivity index (χ2n) is 6.50. The molecule has 0 N–H and O–H groups in total. The van der Waals surface area contributed by atoms with Gasteiger partial charge in [0, 0.05) is 39.4 Å². The van der Waals surface area contributed by atoms with Crippen molar-refractivity contribution in [3.8, 4) is 0 Å². The lowest BCUT2D eigenvalue weighted by Crippen LogP contribution is -2.33. The minimum absolute atomic E-state index is 0.343. The summed E-state index contributed by atoms with van der Waals surface area (Å²) in [4.78, 5) is 7.29. The second-order valence-corrected chi connectivity index (χ2v) is 8.65. The number of rotatable bonds is 4. The molecule has 0 radical (unpaired) electrons. The van der Waals surface area contributed by atoms with Gasteiger partial charge in [-0.2, -0.15) is 0 Å². The van der Waals surface area contributed by atoms with E-state index in [9.17, 15) is 8.42 Å². The van der Waals surface area contributed by atoms with E-state index in [1.54, 1.807) is 26.2 Å². The van der Waals surface area contributed by atoms with Crippen LogP contribution in [0.3, 0.4) is 0 Å². The number of fused-ring (bicyclic) bond motifs is 1. The molecular weight excluding hydrogens is 324 g/mol. The van der Waals surface area contributed by atoms with Gasteiger partial charge in [0.05, 0.1) is 17.1 Å². The average molecular weight is 348 g/mol. The van der Waals surface area contributed by atoms with Crippen molar-refractivity contribution in [2.24, 2.45) is 0 Å². The Morgan fingerprint density at radius 1 is 1.21 bits per heavy atom. The maximum absolute atomic E-state index is 12.3. The van der Waals surface area contributed by atoms with Crippen molar-refractivity contribution in [1.29, 1.82) is 0 Å². The zero-order valence-corrected chi connectivity index (χ0v) is 15.5. The molecule has 0 saturated heterocycles. The molecule has 0 fully saturated rings. The van der Waals surface area contributed by atoms with E-state index in [1.807, 2.05) is 19.1 Å². The SMILES string of the molecule is Cc1nc2n(c1C)CCN(Cc1cccc(S(=O)(=O)N(C)C)c1)C2. The fourth-order valence-corrected chi connectivity index (χ4v) is 4.04. The van der Waals surface area contributed by atoms with E-state index in [-0.39, 0.29) is 0 Å². The molecule has 2 heterocycles. The number of imidazole rings is 1. The number of hydrogen-bond donors (Lipinski definition) is 0. The van der Waals surface area contributed by atoms with Crippen LogP contribution >= 0.6 is 0 Å². The molecule has 3 rings (SSSR count). The minimum Gasteiger partial charge on any atom is -0.330 e. The molecule has 1 aromatic heterocycles. The standard InChI is InChI=1S/C17H24N4O2S/c1-13-14(2)21-9-8-20(12-17(21)18-13)11-15-6-5-7-16(10-15)24(22,23)19(3)4/h5-7,10H,8-9,11-12H2,1-4H3. The summed E-state index contributed by atoms with van der Waals surface area (Å²) >= 11 is 0. The van der Waals surface area contributed by atoms with Crippen molar-refractivity contribution < 1.29 is 8.42 Å². The third-order valence-corrected chi connectivity index (χ3v) is 6.44. The van der Waals surface area contributed by atoms with Crippen molar-refractivity contribution in [1.82, 2.24) is 18.8 Å². The maximum atomic E-state index is 12.3. The Labute approximate surface area is 143 Å². The van der Waals surface area contributed by atoms with Gasteiger partial charge >= 0.3 is 0 Å². The van der Waals surface area contributed by atoms with Crippen LogP contribution in [-0.4, -0.2) is 47.8 Å². The molecule has 6 nitrogen and oxygen atoms in total. The summed E-state index contributed by atoms with van der Waals surface area (Å²) in [6, 6.07) is 7.21. The first kappa shape index (κ1) is 17.1. The number of hydrogen-bond acceptors (Lipinski definition) is 4. The van der Waals surface area contributed by atoms with Crippen molar-refractivity contribution >= 4 is 10.0 Å². The molecule has 1 aliphatic rings. The number of aryl methyl sites for hydroxylation is 1. The van der Waals surface area contributed by atoms with Crippen molar-refractivity contribution in [3.63, 3.8) is 0 Å². The quantitative estimate of drug-likeness (QED) is 0.845. The summed E-state index contributed by atoms with van der Waals surface area (Å²) in [6.07, 6.45) is 0. The molecular formula is C17H24N4O2S. The molecule has 0 saturated carbocycles. The van der Waals surface area contributed by atoms with Crippen LogP contribution in [0.1, 0.15) is 22.8 Å². The molecule has 0 amide bonds. The monoisotopic (exact) mass is 348 g/mol. The van der Waals surface area contributed by atoms with Gasteiger partial charge in [-0.15, -0.1) is 0 Å².